The smallest absolute Gasteiger partial charge is 0.208 e. The van der Waals surface area contributed by atoms with Crippen LogP contribution in [0.3, 0.4) is 0 Å². The van der Waals surface area contributed by atoms with Crippen LogP contribution in [0.1, 0.15) is 82.6 Å². The molecule has 2 saturated heterocycles. The monoisotopic (exact) mass is 672 g/mol. The molecule has 0 bridgehead atoms. The van der Waals surface area contributed by atoms with E-state index in [0.717, 1.165) is 40.7 Å². The van der Waals surface area contributed by atoms with E-state index in [1.165, 1.54) is 69.9 Å². The molecular formula is C36H45ClN8OS. The second-order valence-corrected chi connectivity index (χ2v) is 15.1. The summed E-state index contributed by atoms with van der Waals surface area (Å²) in [6.07, 6.45) is 21.3. The van der Waals surface area contributed by atoms with E-state index in [9.17, 15) is 10.5 Å². The summed E-state index contributed by atoms with van der Waals surface area (Å²) < 4.78 is 6.37. The van der Waals surface area contributed by atoms with E-state index in [4.69, 9.17) is 26.3 Å². The van der Waals surface area contributed by atoms with Gasteiger partial charge < -0.3 is 4.74 Å². The van der Waals surface area contributed by atoms with Gasteiger partial charge in [-0.2, -0.15) is 10.5 Å². The molecule has 3 saturated carbocycles. The summed E-state index contributed by atoms with van der Waals surface area (Å²) in [5.41, 5.74) is 11.3. The predicted octanol–water partition coefficient (Wildman–Crippen LogP) is 7.02. The number of allylic oxidation sites excluding steroid dienone is 2. The summed E-state index contributed by atoms with van der Waals surface area (Å²) in [5.74, 6) is 1.74. The van der Waals surface area contributed by atoms with Gasteiger partial charge in [-0.15, -0.1) is 11.8 Å². The van der Waals surface area contributed by atoms with Crippen molar-refractivity contribution in [2.24, 2.45) is 33.7 Å². The Kier molecular flexibility index (Phi) is 10.1. The molecule has 1 aromatic rings. The minimum Gasteiger partial charge on any atom is -0.475 e. The lowest BCUT2D eigenvalue weighted by Gasteiger charge is -2.34. The molecule has 5 fully saturated rings. The van der Waals surface area contributed by atoms with Gasteiger partial charge in [-0.1, -0.05) is 49.4 Å². The Balaban J connectivity index is 0.000000150. The fourth-order valence-electron chi connectivity index (χ4n) is 7.64. The molecule has 47 heavy (non-hydrogen) atoms. The van der Waals surface area contributed by atoms with E-state index in [-0.39, 0.29) is 29.5 Å². The maximum Gasteiger partial charge on any atom is 0.208 e. The van der Waals surface area contributed by atoms with Gasteiger partial charge in [0.2, 0.25) is 5.88 Å². The number of nitriles is 2. The fourth-order valence-corrected chi connectivity index (χ4v) is 8.48. The number of aliphatic imine (C=N–C) groups is 2. The van der Waals surface area contributed by atoms with Crippen molar-refractivity contribution in [3.05, 3.63) is 52.9 Å². The summed E-state index contributed by atoms with van der Waals surface area (Å²) >= 11 is 7.72. The van der Waals surface area contributed by atoms with E-state index < -0.39 is 0 Å². The average Bonchev–Trinajstić information content (AvgIpc) is 3.78. The van der Waals surface area contributed by atoms with Crippen molar-refractivity contribution in [3.8, 4) is 12.1 Å². The van der Waals surface area contributed by atoms with Gasteiger partial charge in [-0.3, -0.25) is 20.0 Å². The van der Waals surface area contributed by atoms with Gasteiger partial charge in [-0.05, 0) is 81.4 Å². The van der Waals surface area contributed by atoms with Crippen molar-refractivity contribution in [1.82, 2.24) is 20.9 Å². The minimum absolute atomic E-state index is 0.0747. The Hall–Kier alpha value is -3.02. The van der Waals surface area contributed by atoms with Crippen molar-refractivity contribution in [1.29, 1.82) is 10.5 Å². The second-order valence-electron chi connectivity index (χ2n) is 13.7. The summed E-state index contributed by atoms with van der Waals surface area (Å²) in [6, 6.07) is 12.8. The van der Waals surface area contributed by atoms with Crippen LogP contribution in [0.4, 0.5) is 0 Å². The summed E-state index contributed by atoms with van der Waals surface area (Å²) in [4.78, 5) is 9.86. The number of benzene rings is 1. The number of hydrogen-bond donors (Lipinski definition) is 2. The number of halogens is 1. The third-order valence-corrected chi connectivity index (χ3v) is 11.6. The first-order valence-corrected chi connectivity index (χ1v) is 19.1. The molecule has 2 N–H and O–H groups in total. The Labute approximate surface area is 288 Å². The van der Waals surface area contributed by atoms with Gasteiger partial charge in [0.15, 0.2) is 12.3 Å². The Morgan fingerprint density at radius 2 is 1.49 bits per heavy atom. The van der Waals surface area contributed by atoms with Crippen LogP contribution in [0.15, 0.2) is 52.3 Å². The van der Waals surface area contributed by atoms with Crippen LogP contribution in [0.25, 0.3) is 5.70 Å². The Morgan fingerprint density at radius 1 is 0.830 bits per heavy atom. The Morgan fingerprint density at radius 3 is 2.15 bits per heavy atom. The second kappa shape index (κ2) is 14.6. The van der Waals surface area contributed by atoms with E-state index in [1.54, 1.807) is 11.8 Å². The maximum absolute atomic E-state index is 9.60. The molecule has 3 aliphatic carbocycles. The molecule has 0 spiro atoms. The van der Waals surface area contributed by atoms with Crippen LogP contribution >= 0.6 is 23.4 Å². The molecule has 0 aromatic heterocycles. The van der Waals surface area contributed by atoms with Crippen molar-refractivity contribution in [2.45, 2.75) is 101 Å². The van der Waals surface area contributed by atoms with E-state index in [2.05, 4.69) is 40.2 Å². The molecule has 5 unspecified atom stereocenters. The zero-order valence-electron chi connectivity index (χ0n) is 27.2. The summed E-state index contributed by atoms with van der Waals surface area (Å²) in [6.45, 7) is 0.646. The molecule has 5 atom stereocenters. The van der Waals surface area contributed by atoms with Crippen molar-refractivity contribution >= 4 is 40.5 Å². The highest BCUT2D eigenvalue weighted by atomic mass is 35.5. The third-order valence-electron chi connectivity index (χ3n) is 10.5. The Bertz CT molecular complexity index is 1500. The van der Waals surface area contributed by atoms with Gasteiger partial charge in [0, 0.05) is 40.9 Å². The highest BCUT2D eigenvalue weighted by Gasteiger charge is 2.47. The van der Waals surface area contributed by atoms with Crippen LogP contribution in [0, 0.1) is 46.3 Å². The summed E-state index contributed by atoms with van der Waals surface area (Å²) in [7, 11) is 0. The number of hydrogen-bond acceptors (Lipinski definition) is 10. The van der Waals surface area contributed by atoms with E-state index >= 15 is 0 Å². The first-order valence-electron chi connectivity index (χ1n) is 17.5. The first-order chi connectivity index (χ1) is 23.1. The molecular weight excluding hydrogens is 628 g/mol. The molecule has 8 rings (SSSR count). The number of nitrogens with zero attached hydrogens (tertiary/aromatic N) is 6. The van der Waals surface area contributed by atoms with Crippen LogP contribution in [0.5, 0.6) is 0 Å². The SMILES string of the molecule is CSC1NN2C(OC3CCCCC3)=CC(C3CC3)=NC2C1C#N.N#CC1CNN2C(c3ccc(Cl)cc3)=CC(C3CCCCC3)=NC12. The van der Waals surface area contributed by atoms with Crippen LogP contribution in [0.2, 0.25) is 5.02 Å². The van der Waals surface area contributed by atoms with Crippen molar-refractivity contribution in [2.75, 3.05) is 12.8 Å². The number of fused-ring (bicyclic) bond motifs is 2. The van der Waals surface area contributed by atoms with Crippen LogP contribution < -0.4 is 10.9 Å². The standard InChI is InChI=1S/C19H21ClN4.C17H24N4OS/c20-16-8-6-14(7-9-16)18-10-17(13-4-2-1-3-5-13)23-19-15(11-21)12-22-24(18)19;1-23-17-13(10-18)16-19-14(11-7-8-11)9-15(21(16)20-17)22-12-5-3-2-4-6-12/h6-10,13,15,19,22H,1-5,12H2;9,11-13,16-17,20H,2-8H2,1H3. The largest absolute Gasteiger partial charge is 0.475 e. The van der Waals surface area contributed by atoms with Crippen molar-refractivity contribution in [3.63, 3.8) is 0 Å². The molecule has 1 aromatic carbocycles. The van der Waals surface area contributed by atoms with Crippen LogP contribution in [-0.2, 0) is 4.74 Å². The molecule has 7 aliphatic rings. The molecule has 4 aliphatic heterocycles. The number of thioether (sulfide) groups is 1. The zero-order valence-corrected chi connectivity index (χ0v) is 28.7. The number of nitrogens with one attached hydrogen (secondary N) is 2. The normalized spacial score (nSPS) is 30.8. The molecule has 4 heterocycles. The first kappa shape index (κ1) is 32.5. The lowest BCUT2D eigenvalue weighted by Crippen LogP contribution is -2.42. The third kappa shape index (κ3) is 7.08. The highest BCUT2D eigenvalue weighted by Crippen LogP contribution is 2.40. The van der Waals surface area contributed by atoms with Crippen LogP contribution in [-0.4, -0.2) is 58.1 Å². The van der Waals surface area contributed by atoms with E-state index in [1.807, 2.05) is 35.5 Å². The minimum atomic E-state index is -0.142. The number of rotatable bonds is 6. The molecule has 248 valence electrons. The fraction of sp³-hybridized carbons (Fsp3) is 0.611. The van der Waals surface area contributed by atoms with Gasteiger partial charge >= 0.3 is 0 Å². The zero-order chi connectivity index (χ0) is 32.3. The maximum atomic E-state index is 9.60. The molecule has 0 amide bonds. The lowest BCUT2D eigenvalue weighted by atomic mass is 9.84. The van der Waals surface area contributed by atoms with E-state index in [0.29, 0.717) is 24.5 Å². The van der Waals surface area contributed by atoms with Gasteiger partial charge in [0.25, 0.3) is 0 Å². The van der Waals surface area contributed by atoms with Gasteiger partial charge in [0.1, 0.15) is 17.9 Å². The quantitative estimate of drug-likeness (QED) is 0.332. The predicted molar refractivity (Wildman–Crippen MR) is 188 cm³/mol. The highest BCUT2D eigenvalue weighted by molar-refractivity contribution is 7.99. The number of ether oxygens (including phenoxy) is 1. The average molecular weight is 673 g/mol. The van der Waals surface area contributed by atoms with Gasteiger partial charge in [0.05, 0.1) is 23.2 Å². The molecule has 0 radical (unpaired) electrons. The number of hydrazine groups is 2. The lowest BCUT2D eigenvalue weighted by molar-refractivity contribution is 0.00775. The van der Waals surface area contributed by atoms with Gasteiger partial charge in [-0.25, -0.2) is 10.9 Å². The topological polar surface area (TPSA) is 112 Å². The summed E-state index contributed by atoms with van der Waals surface area (Å²) in [5, 5.41) is 23.9. The van der Waals surface area contributed by atoms with Crippen molar-refractivity contribution < 1.29 is 4.74 Å². The molecule has 11 heteroatoms. The molecule has 9 nitrogen and oxygen atoms in total.